The van der Waals surface area contributed by atoms with Gasteiger partial charge in [-0.25, -0.2) is 4.79 Å². The van der Waals surface area contributed by atoms with Gasteiger partial charge in [0.1, 0.15) is 12.0 Å². The van der Waals surface area contributed by atoms with Crippen molar-refractivity contribution in [3.05, 3.63) is 59.0 Å². The summed E-state index contributed by atoms with van der Waals surface area (Å²) in [7, 11) is -1.27. The Balaban J connectivity index is 0.000000837. The molecule has 2 aromatic rings. The maximum Gasteiger partial charge on any atom is 0.368 e. The zero-order chi connectivity index (χ0) is 23.7. The quantitative estimate of drug-likeness (QED) is 0.331. The normalized spacial score (nSPS) is 18.2. The van der Waals surface area contributed by atoms with E-state index in [0.29, 0.717) is 21.4 Å². The van der Waals surface area contributed by atoms with Crippen molar-refractivity contribution >= 4 is 44.1 Å². The first-order chi connectivity index (χ1) is 15.3. The minimum Gasteiger partial charge on any atom is -0.476 e. The van der Waals surface area contributed by atoms with Gasteiger partial charge in [0.25, 0.3) is 0 Å². The summed E-state index contributed by atoms with van der Waals surface area (Å²) < 4.78 is 31.9. The highest BCUT2D eigenvalue weighted by Crippen LogP contribution is 2.41. The molecule has 1 aliphatic heterocycles. The summed E-state index contributed by atoms with van der Waals surface area (Å²) in [6.45, 7) is 7.16. The van der Waals surface area contributed by atoms with Gasteiger partial charge in [-0.15, -0.1) is 0 Å². The van der Waals surface area contributed by atoms with E-state index in [2.05, 4.69) is 41.6 Å². The van der Waals surface area contributed by atoms with Gasteiger partial charge >= 0.3 is 5.97 Å². The molecular formula is C24H29BrFNO4S. The van der Waals surface area contributed by atoms with E-state index >= 15 is 0 Å². The summed E-state index contributed by atoms with van der Waals surface area (Å²) in [6.07, 6.45) is 4.05. The highest BCUT2D eigenvalue weighted by atomic mass is 79.9. The van der Waals surface area contributed by atoms with E-state index in [-0.39, 0.29) is 11.7 Å². The lowest BCUT2D eigenvalue weighted by Crippen LogP contribution is -2.25. The molecule has 0 fully saturated rings. The second-order valence-electron chi connectivity index (χ2n) is 7.37. The molecule has 0 saturated carbocycles. The third kappa shape index (κ3) is 6.90. The van der Waals surface area contributed by atoms with Gasteiger partial charge in [0.15, 0.2) is 0 Å². The average Bonchev–Trinajstić information content (AvgIpc) is 2.93. The van der Waals surface area contributed by atoms with Gasteiger partial charge < -0.3 is 14.7 Å². The molecule has 0 saturated heterocycles. The number of nitrogens with zero attached hydrogens (tertiary/aromatic N) is 1. The molecule has 174 valence electrons. The standard InChI is InChI=1S/C20H19BrFNO4S.C4H10/c1-2-13-10-23(14-6-4-3-5-7-14)17-8-15(21)18(9-19(17)28(26)12-13)27-11-16(22)20(24)25;1-3-4-2/h3-9,11,13H,2,10,12H2,1H3,(H,24,25);3-4H2,1-2H3/b16-11-;/t13-,28?;/m0./s1. The van der Waals surface area contributed by atoms with Crippen LogP contribution in [0.1, 0.15) is 40.0 Å². The molecule has 0 spiro atoms. The minimum atomic E-state index is -1.71. The molecule has 2 aromatic carbocycles. The fourth-order valence-electron chi connectivity index (χ4n) is 2.99. The lowest BCUT2D eigenvalue weighted by molar-refractivity contribution is -0.134. The van der Waals surface area contributed by atoms with E-state index < -0.39 is 22.6 Å². The smallest absolute Gasteiger partial charge is 0.368 e. The molecule has 5 nitrogen and oxygen atoms in total. The SMILES string of the molecule is CCCC.CC[C@H]1CN(c2ccccc2)c2cc(Br)c(O/C=C(\F)C(=O)O)cc2S(=O)C1. The van der Waals surface area contributed by atoms with Gasteiger partial charge in [0.2, 0.25) is 5.83 Å². The Bertz CT molecular complexity index is 966. The molecule has 1 unspecified atom stereocenters. The molecule has 1 heterocycles. The van der Waals surface area contributed by atoms with Crippen molar-refractivity contribution in [1.82, 2.24) is 0 Å². The van der Waals surface area contributed by atoms with Crippen molar-refractivity contribution in [3.63, 3.8) is 0 Å². The number of halogens is 2. The predicted molar refractivity (Wildman–Crippen MR) is 131 cm³/mol. The van der Waals surface area contributed by atoms with Crippen LogP contribution in [0.25, 0.3) is 0 Å². The lowest BCUT2D eigenvalue weighted by atomic mass is 10.1. The Hall–Kier alpha value is -2.19. The topological polar surface area (TPSA) is 66.8 Å². The summed E-state index contributed by atoms with van der Waals surface area (Å²) in [4.78, 5) is 13.3. The van der Waals surface area contributed by atoms with Gasteiger partial charge in [0.05, 0.1) is 25.9 Å². The Labute approximate surface area is 199 Å². The third-order valence-electron chi connectivity index (χ3n) is 5.02. The number of carboxylic acids is 1. The summed E-state index contributed by atoms with van der Waals surface area (Å²) in [5.41, 5.74) is 1.76. The lowest BCUT2D eigenvalue weighted by Gasteiger charge is -2.27. The molecule has 2 atom stereocenters. The Morgan fingerprint density at radius 1 is 1.25 bits per heavy atom. The molecule has 0 aliphatic carbocycles. The van der Waals surface area contributed by atoms with Crippen molar-refractivity contribution in [2.24, 2.45) is 5.92 Å². The molecular weight excluding hydrogens is 497 g/mol. The van der Waals surface area contributed by atoms with Crippen LogP contribution >= 0.6 is 15.9 Å². The van der Waals surface area contributed by atoms with Gasteiger partial charge in [-0.3, -0.25) is 4.21 Å². The van der Waals surface area contributed by atoms with Gasteiger partial charge in [-0.05, 0) is 40.0 Å². The summed E-state index contributed by atoms with van der Waals surface area (Å²) in [6, 6.07) is 13.2. The second kappa shape index (κ2) is 12.7. The molecule has 8 heteroatoms. The van der Waals surface area contributed by atoms with Gasteiger partial charge in [-0.1, -0.05) is 58.2 Å². The highest BCUT2D eigenvalue weighted by Gasteiger charge is 2.28. The van der Waals surface area contributed by atoms with Crippen LogP contribution in [0.3, 0.4) is 0 Å². The average molecular weight is 526 g/mol. The minimum absolute atomic E-state index is 0.200. The molecule has 0 aromatic heterocycles. The number of para-hydroxylation sites is 1. The van der Waals surface area contributed by atoms with E-state index in [4.69, 9.17) is 9.84 Å². The molecule has 0 bridgehead atoms. The zero-order valence-corrected chi connectivity index (χ0v) is 20.9. The van der Waals surface area contributed by atoms with Crippen LogP contribution in [-0.2, 0) is 15.6 Å². The molecule has 1 aliphatic rings. The highest BCUT2D eigenvalue weighted by molar-refractivity contribution is 9.10. The Morgan fingerprint density at radius 3 is 2.47 bits per heavy atom. The number of carbonyl (C=O) groups is 1. The summed E-state index contributed by atoms with van der Waals surface area (Å²) in [5, 5.41) is 8.63. The second-order valence-corrected chi connectivity index (χ2v) is 9.69. The zero-order valence-electron chi connectivity index (χ0n) is 18.5. The fourth-order valence-corrected chi connectivity index (χ4v) is 5.00. The van der Waals surface area contributed by atoms with Crippen LogP contribution in [0.5, 0.6) is 5.75 Å². The first-order valence-corrected chi connectivity index (χ1v) is 12.7. The van der Waals surface area contributed by atoms with Crippen LogP contribution in [0, 0.1) is 5.92 Å². The Morgan fingerprint density at radius 2 is 1.91 bits per heavy atom. The maximum atomic E-state index is 13.3. The number of hydrogen-bond donors (Lipinski definition) is 1. The molecule has 0 radical (unpaired) electrons. The number of benzene rings is 2. The van der Waals surface area contributed by atoms with E-state index in [0.717, 1.165) is 24.3 Å². The van der Waals surface area contributed by atoms with E-state index in [1.54, 1.807) is 12.1 Å². The molecule has 3 rings (SSSR count). The number of rotatable bonds is 6. The number of ether oxygens (including phenoxy) is 1. The monoisotopic (exact) mass is 525 g/mol. The number of hydrogen-bond acceptors (Lipinski definition) is 4. The summed E-state index contributed by atoms with van der Waals surface area (Å²) in [5.74, 6) is -2.18. The number of aliphatic carboxylic acids is 1. The van der Waals surface area contributed by atoms with Crippen LogP contribution in [0.15, 0.2) is 63.9 Å². The van der Waals surface area contributed by atoms with Gasteiger partial charge in [-0.2, -0.15) is 4.39 Å². The number of carboxylic acid groups (broad SMARTS) is 1. The predicted octanol–water partition coefficient (Wildman–Crippen LogP) is 6.82. The van der Waals surface area contributed by atoms with E-state index in [9.17, 15) is 13.4 Å². The first-order valence-electron chi connectivity index (χ1n) is 10.6. The van der Waals surface area contributed by atoms with Crippen LogP contribution in [0.2, 0.25) is 0 Å². The number of unbranched alkanes of at least 4 members (excludes halogenated alkanes) is 1. The Kier molecular flexibility index (Phi) is 10.4. The van der Waals surface area contributed by atoms with Crippen LogP contribution in [0.4, 0.5) is 15.8 Å². The van der Waals surface area contributed by atoms with Crippen LogP contribution < -0.4 is 9.64 Å². The van der Waals surface area contributed by atoms with Crippen molar-refractivity contribution < 1.29 is 23.2 Å². The fraction of sp³-hybridized carbons (Fsp3) is 0.375. The molecule has 0 amide bonds. The van der Waals surface area contributed by atoms with Crippen molar-refractivity contribution in [2.75, 3.05) is 17.2 Å². The maximum absolute atomic E-state index is 13.3. The number of fused-ring (bicyclic) bond motifs is 1. The van der Waals surface area contributed by atoms with Crippen molar-refractivity contribution in [3.8, 4) is 5.75 Å². The van der Waals surface area contributed by atoms with Crippen molar-refractivity contribution in [2.45, 2.75) is 44.9 Å². The number of anilines is 2. The van der Waals surface area contributed by atoms with Crippen LogP contribution in [-0.4, -0.2) is 27.6 Å². The van der Waals surface area contributed by atoms with E-state index in [1.807, 2.05) is 30.3 Å². The van der Waals surface area contributed by atoms with Crippen molar-refractivity contribution in [1.29, 1.82) is 0 Å². The molecule has 1 N–H and O–H groups in total. The molecule has 32 heavy (non-hydrogen) atoms. The van der Waals surface area contributed by atoms with Gasteiger partial charge in [0, 0.05) is 24.1 Å². The largest absolute Gasteiger partial charge is 0.476 e. The third-order valence-corrected chi connectivity index (χ3v) is 7.23. The summed E-state index contributed by atoms with van der Waals surface area (Å²) >= 11 is 3.39. The van der Waals surface area contributed by atoms with E-state index in [1.165, 1.54) is 12.8 Å². The first kappa shape index (κ1) is 26.1.